The molecule has 0 aliphatic carbocycles. The number of carbonyl (C=O) groups excluding carboxylic acids is 1. The van der Waals surface area contributed by atoms with E-state index in [0.717, 1.165) is 15.6 Å². The molecule has 1 nitrogen and oxygen atoms in total. The summed E-state index contributed by atoms with van der Waals surface area (Å²) in [7, 11) is 0. The molecule has 0 saturated carbocycles. The van der Waals surface area contributed by atoms with Gasteiger partial charge in [-0.15, -0.1) is 0 Å². The predicted molar refractivity (Wildman–Crippen MR) is 63.5 cm³/mol. The molecule has 0 N–H and O–H groups in total. The molecule has 3 heteroatoms. The normalized spacial score (nSPS) is 11.6. The minimum Gasteiger partial charge on any atom is -0.295 e. The van der Waals surface area contributed by atoms with Crippen molar-refractivity contribution in [3.63, 3.8) is 0 Å². The zero-order valence-corrected chi connectivity index (χ0v) is 10.3. The van der Waals surface area contributed by atoms with E-state index in [1.54, 1.807) is 12.1 Å². The summed E-state index contributed by atoms with van der Waals surface area (Å²) in [5.74, 6) is 0.0264. The molecule has 0 heterocycles. The van der Waals surface area contributed by atoms with Gasteiger partial charge in [0.1, 0.15) is 0 Å². The standard InChI is InChI=1S/C11H10BrClO/c1-7(5-8(2)14)10-6-9(12)3-4-11(10)13/h3-6H,1-2H3/b7-5+. The first-order chi connectivity index (χ1) is 6.50. The Kier molecular flexibility index (Phi) is 3.90. The van der Waals surface area contributed by atoms with Crippen LogP contribution in [0.1, 0.15) is 19.4 Å². The van der Waals surface area contributed by atoms with Gasteiger partial charge >= 0.3 is 0 Å². The van der Waals surface area contributed by atoms with Gasteiger partial charge in [0, 0.05) is 9.50 Å². The first-order valence-corrected chi connectivity index (χ1v) is 5.32. The molecular weight excluding hydrogens is 263 g/mol. The molecule has 0 aliphatic rings. The molecule has 1 aromatic rings. The molecule has 0 atom stereocenters. The average Bonchev–Trinajstić information content (AvgIpc) is 2.08. The van der Waals surface area contributed by atoms with E-state index in [0.29, 0.717) is 5.02 Å². The Morgan fingerprint density at radius 2 is 2.07 bits per heavy atom. The third kappa shape index (κ3) is 2.96. The second kappa shape index (κ2) is 4.76. The number of allylic oxidation sites excluding steroid dienone is 2. The smallest absolute Gasteiger partial charge is 0.152 e. The quantitative estimate of drug-likeness (QED) is 0.742. The molecule has 0 saturated heterocycles. The average molecular weight is 274 g/mol. The van der Waals surface area contributed by atoms with E-state index in [2.05, 4.69) is 15.9 Å². The first kappa shape index (κ1) is 11.5. The Labute approximate surface area is 96.9 Å². The van der Waals surface area contributed by atoms with Crippen molar-refractivity contribution >= 4 is 38.9 Å². The van der Waals surface area contributed by atoms with Gasteiger partial charge in [-0.05, 0) is 49.3 Å². The minimum atomic E-state index is 0.0264. The van der Waals surface area contributed by atoms with Crippen molar-refractivity contribution in [2.45, 2.75) is 13.8 Å². The van der Waals surface area contributed by atoms with Crippen LogP contribution < -0.4 is 0 Å². The van der Waals surface area contributed by atoms with Crippen LogP contribution in [-0.4, -0.2) is 5.78 Å². The van der Waals surface area contributed by atoms with E-state index >= 15 is 0 Å². The van der Waals surface area contributed by atoms with Gasteiger partial charge in [-0.2, -0.15) is 0 Å². The maximum atomic E-state index is 10.9. The predicted octanol–water partition coefficient (Wildman–Crippen LogP) is 4.09. The Hall–Kier alpha value is -0.600. The highest BCUT2D eigenvalue weighted by molar-refractivity contribution is 9.10. The number of hydrogen-bond donors (Lipinski definition) is 0. The van der Waals surface area contributed by atoms with E-state index in [-0.39, 0.29) is 5.78 Å². The van der Waals surface area contributed by atoms with Gasteiger partial charge in [-0.25, -0.2) is 0 Å². The summed E-state index contributed by atoms with van der Waals surface area (Å²) in [4.78, 5) is 10.9. The highest BCUT2D eigenvalue weighted by Crippen LogP contribution is 2.26. The van der Waals surface area contributed by atoms with Crippen molar-refractivity contribution in [3.05, 3.63) is 39.3 Å². The Morgan fingerprint density at radius 1 is 1.43 bits per heavy atom. The molecule has 0 unspecified atom stereocenters. The number of carbonyl (C=O) groups is 1. The van der Waals surface area contributed by atoms with Crippen molar-refractivity contribution in [2.75, 3.05) is 0 Å². The Morgan fingerprint density at radius 3 is 2.64 bits per heavy atom. The molecule has 1 rings (SSSR count). The molecule has 0 spiro atoms. The van der Waals surface area contributed by atoms with Gasteiger partial charge in [-0.3, -0.25) is 4.79 Å². The SMILES string of the molecule is CC(=O)/C=C(\C)c1cc(Br)ccc1Cl. The van der Waals surface area contributed by atoms with Crippen LogP contribution in [0.25, 0.3) is 5.57 Å². The van der Waals surface area contributed by atoms with Gasteiger partial charge in [0.2, 0.25) is 0 Å². The third-order valence-corrected chi connectivity index (χ3v) is 2.60. The lowest BCUT2D eigenvalue weighted by Crippen LogP contribution is -1.87. The number of rotatable bonds is 2. The molecule has 0 amide bonds. The van der Waals surface area contributed by atoms with Crippen LogP contribution in [0.3, 0.4) is 0 Å². The monoisotopic (exact) mass is 272 g/mol. The van der Waals surface area contributed by atoms with Gasteiger partial charge in [-0.1, -0.05) is 27.5 Å². The summed E-state index contributed by atoms with van der Waals surface area (Å²) >= 11 is 9.36. The fraction of sp³-hybridized carbons (Fsp3) is 0.182. The number of benzene rings is 1. The fourth-order valence-electron chi connectivity index (χ4n) is 1.18. The van der Waals surface area contributed by atoms with Gasteiger partial charge in [0.15, 0.2) is 5.78 Å². The van der Waals surface area contributed by atoms with E-state index in [9.17, 15) is 4.79 Å². The second-order valence-electron chi connectivity index (χ2n) is 3.06. The third-order valence-electron chi connectivity index (χ3n) is 1.77. The van der Waals surface area contributed by atoms with Gasteiger partial charge < -0.3 is 0 Å². The van der Waals surface area contributed by atoms with Crippen molar-refractivity contribution < 1.29 is 4.79 Å². The van der Waals surface area contributed by atoms with Crippen LogP contribution in [0, 0.1) is 0 Å². The molecule has 0 aliphatic heterocycles. The van der Waals surface area contributed by atoms with E-state index < -0.39 is 0 Å². The summed E-state index contributed by atoms with van der Waals surface area (Å²) in [6.45, 7) is 3.39. The van der Waals surface area contributed by atoms with Crippen molar-refractivity contribution in [1.29, 1.82) is 0 Å². The highest BCUT2D eigenvalue weighted by atomic mass is 79.9. The Balaban J connectivity index is 3.18. The zero-order valence-electron chi connectivity index (χ0n) is 7.97. The van der Waals surface area contributed by atoms with Crippen LogP contribution in [0.4, 0.5) is 0 Å². The molecule has 1 aromatic carbocycles. The largest absolute Gasteiger partial charge is 0.295 e. The van der Waals surface area contributed by atoms with Crippen LogP contribution in [0.15, 0.2) is 28.7 Å². The van der Waals surface area contributed by atoms with Gasteiger partial charge in [0.05, 0.1) is 0 Å². The lowest BCUT2D eigenvalue weighted by atomic mass is 10.1. The van der Waals surface area contributed by atoms with Crippen LogP contribution in [-0.2, 0) is 4.79 Å². The van der Waals surface area contributed by atoms with Crippen molar-refractivity contribution in [3.8, 4) is 0 Å². The summed E-state index contributed by atoms with van der Waals surface area (Å²) in [6.07, 6.45) is 1.58. The molecule has 14 heavy (non-hydrogen) atoms. The number of ketones is 1. The highest BCUT2D eigenvalue weighted by Gasteiger charge is 2.03. The fourth-order valence-corrected chi connectivity index (χ4v) is 1.81. The summed E-state index contributed by atoms with van der Waals surface area (Å²) in [5, 5.41) is 0.656. The second-order valence-corrected chi connectivity index (χ2v) is 4.39. The summed E-state index contributed by atoms with van der Waals surface area (Å²) in [6, 6.07) is 5.57. The van der Waals surface area contributed by atoms with Crippen LogP contribution >= 0.6 is 27.5 Å². The van der Waals surface area contributed by atoms with Crippen molar-refractivity contribution in [2.24, 2.45) is 0 Å². The molecule has 0 bridgehead atoms. The summed E-state index contributed by atoms with van der Waals surface area (Å²) in [5.41, 5.74) is 1.76. The number of halogens is 2. The van der Waals surface area contributed by atoms with E-state index in [1.807, 2.05) is 19.1 Å². The maximum absolute atomic E-state index is 10.9. The van der Waals surface area contributed by atoms with E-state index in [1.165, 1.54) is 6.92 Å². The van der Waals surface area contributed by atoms with Crippen LogP contribution in [0.5, 0.6) is 0 Å². The maximum Gasteiger partial charge on any atom is 0.152 e. The zero-order chi connectivity index (χ0) is 10.7. The Bertz CT molecular complexity index is 396. The first-order valence-electron chi connectivity index (χ1n) is 4.15. The van der Waals surface area contributed by atoms with Gasteiger partial charge in [0.25, 0.3) is 0 Å². The molecule has 74 valence electrons. The van der Waals surface area contributed by atoms with Crippen LogP contribution in [0.2, 0.25) is 5.02 Å². The lowest BCUT2D eigenvalue weighted by molar-refractivity contribution is -0.112. The molecule has 0 aromatic heterocycles. The lowest BCUT2D eigenvalue weighted by Gasteiger charge is -2.04. The molecular formula is C11H10BrClO. The minimum absolute atomic E-state index is 0.0264. The topological polar surface area (TPSA) is 17.1 Å². The molecule has 0 radical (unpaired) electrons. The van der Waals surface area contributed by atoms with E-state index in [4.69, 9.17) is 11.6 Å². The number of hydrogen-bond acceptors (Lipinski definition) is 1. The van der Waals surface area contributed by atoms with Crippen molar-refractivity contribution in [1.82, 2.24) is 0 Å². The molecule has 0 fully saturated rings. The summed E-state index contributed by atoms with van der Waals surface area (Å²) < 4.78 is 0.952.